The first-order valence-electron chi connectivity index (χ1n) is 8.20. The summed E-state index contributed by atoms with van der Waals surface area (Å²) in [7, 11) is 1.64. The molecule has 3 heterocycles. The largest absolute Gasteiger partial charge is 0.497 e. The smallest absolute Gasteiger partial charge is 0.148 e. The molecule has 1 fully saturated rings. The molecule has 4 atom stereocenters. The number of benzene rings is 1. The highest BCUT2D eigenvalue weighted by Gasteiger charge is 2.45. The lowest BCUT2D eigenvalue weighted by molar-refractivity contribution is 0.0844. The second-order valence-corrected chi connectivity index (χ2v) is 7.23. The fraction of sp³-hybridized carbons (Fsp3) is 0.474. The summed E-state index contributed by atoms with van der Waals surface area (Å²) in [6, 6.07) is 6.17. The van der Waals surface area contributed by atoms with E-state index in [0.717, 1.165) is 40.9 Å². The molecule has 0 amide bonds. The monoisotopic (exact) mass is 314 g/mol. The number of rotatable bonds is 1. The maximum Gasteiger partial charge on any atom is 0.148 e. The van der Waals surface area contributed by atoms with E-state index in [4.69, 9.17) is 4.74 Å². The first kappa shape index (κ1) is 14.8. The Morgan fingerprint density at radius 3 is 2.96 bits per heavy atom. The van der Waals surface area contributed by atoms with Gasteiger partial charge in [-0.1, -0.05) is 12.2 Å². The lowest BCUT2D eigenvalue weighted by Gasteiger charge is -2.39. The van der Waals surface area contributed by atoms with Gasteiger partial charge in [0.2, 0.25) is 0 Å². The van der Waals surface area contributed by atoms with Crippen molar-refractivity contribution in [1.29, 1.82) is 0 Å². The number of nitrogens with one attached hydrogen (secondary N) is 1. The van der Waals surface area contributed by atoms with Crippen LogP contribution in [0.25, 0.3) is 10.9 Å². The van der Waals surface area contributed by atoms with Gasteiger partial charge in [-0.05, 0) is 38.5 Å². The quantitative estimate of drug-likeness (QED) is 0.802. The summed E-state index contributed by atoms with van der Waals surface area (Å²) in [5, 5.41) is 0.941. The third-order valence-corrected chi connectivity index (χ3v) is 5.52. The molecule has 1 aromatic heterocycles. The van der Waals surface area contributed by atoms with Gasteiger partial charge in [0.05, 0.1) is 7.11 Å². The molecule has 23 heavy (non-hydrogen) atoms. The van der Waals surface area contributed by atoms with Gasteiger partial charge in [0.1, 0.15) is 11.4 Å². The van der Waals surface area contributed by atoms with E-state index in [2.05, 4.69) is 23.4 Å². The first-order chi connectivity index (χ1) is 10.9. The van der Waals surface area contributed by atoms with Crippen LogP contribution in [0.4, 0.5) is 4.39 Å². The number of hydrogen-bond donors (Lipinski definition) is 1. The topological polar surface area (TPSA) is 28.3 Å². The highest BCUT2D eigenvalue weighted by molar-refractivity contribution is 5.87. The van der Waals surface area contributed by atoms with E-state index in [9.17, 15) is 0 Å². The van der Waals surface area contributed by atoms with Crippen molar-refractivity contribution in [3.8, 4) is 5.75 Å². The zero-order valence-electron chi connectivity index (χ0n) is 13.9. The number of methoxy groups -OCH3 is 1. The van der Waals surface area contributed by atoms with Gasteiger partial charge in [0.25, 0.3) is 0 Å². The number of hydrogen-bond acceptors (Lipinski definition) is 2. The van der Waals surface area contributed by atoms with Crippen LogP contribution in [0.15, 0.2) is 30.4 Å². The predicted molar refractivity (Wildman–Crippen MR) is 90.8 cm³/mol. The van der Waals surface area contributed by atoms with Crippen LogP contribution < -0.4 is 4.74 Å². The Bertz CT molecular complexity index is 792. The van der Waals surface area contributed by atoms with E-state index in [1.165, 1.54) is 5.57 Å². The number of aromatic nitrogens is 1. The van der Waals surface area contributed by atoms with Crippen molar-refractivity contribution in [2.24, 2.45) is 0 Å². The molecular formula is C19H23FN2O. The Labute approximate surface area is 136 Å². The number of alkyl halides is 1. The van der Waals surface area contributed by atoms with Gasteiger partial charge in [-0.3, -0.25) is 4.90 Å². The minimum Gasteiger partial charge on any atom is -0.497 e. The van der Waals surface area contributed by atoms with E-state index >= 15 is 4.39 Å². The summed E-state index contributed by atoms with van der Waals surface area (Å²) < 4.78 is 21.1. The Morgan fingerprint density at radius 1 is 1.43 bits per heavy atom. The van der Waals surface area contributed by atoms with Crippen LogP contribution in [-0.2, 0) is 5.67 Å². The lowest BCUT2D eigenvalue weighted by atomic mass is 9.84. The maximum atomic E-state index is 15.7. The van der Waals surface area contributed by atoms with Crippen LogP contribution in [0.5, 0.6) is 5.75 Å². The van der Waals surface area contributed by atoms with Crippen LogP contribution in [0.1, 0.15) is 37.4 Å². The Balaban J connectivity index is 2.00. The molecule has 2 aromatic rings. The number of halogens is 1. The molecule has 122 valence electrons. The molecule has 3 nitrogen and oxygen atoms in total. The molecule has 2 aliphatic heterocycles. The van der Waals surface area contributed by atoms with E-state index in [0.29, 0.717) is 12.6 Å². The first-order valence-corrected chi connectivity index (χ1v) is 8.20. The van der Waals surface area contributed by atoms with Crippen LogP contribution in [0.3, 0.4) is 0 Å². The average Bonchev–Trinajstić information content (AvgIpc) is 2.87. The Kier molecular flexibility index (Phi) is 3.11. The van der Waals surface area contributed by atoms with Gasteiger partial charge in [-0.25, -0.2) is 4.39 Å². The summed E-state index contributed by atoms with van der Waals surface area (Å²) >= 11 is 0. The van der Waals surface area contributed by atoms with E-state index in [-0.39, 0.29) is 5.92 Å². The number of H-pyrrole nitrogens is 1. The molecule has 2 aliphatic rings. The highest BCUT2D eigenvalue weighted by atomic mass is 19.1. The number of ether oxygens (including phenoxy) is 1. The molecule has 2 bridgehead atoms. The maximum absolute atomic E-state index is 15.7. The zero-order chi connectivity index (χ0) is 16.4. The van der Waals surface area contributed by atoms with Crippen molar-refractivity contribution in [2.75, 3.05) is 20.2 Å². The third kappa shape index (κ3) is 2.12. The molecule has 0 spiro atoms. The van der Waals surface area contributed by atoms with Gasteiger partial charge >= 0.3 is 0 Å². The van der Waals surface area contributed by atoms with E-state index in [1.54, 1.807) is 14.0 Å². The zero-order valence-corrected chi connectivity index (χ0v) is 13.9. The van der Waals surface area contributed by atoms with Gasteiger partial charge in [-0.2, -0.15) is 0 Å². The Hall–Kier alpha value is -1.81. The van der Waals surface area contributed by atoms with E-state index in [1.807, 2.05) is 18.2 Å². The molecule has 0 aliphatic carbocycles. The molecular weight excluding hydrogens is 291 g/mol. The van der Waals surface area contributed by atoms with Gasteiger partial charge in [-0.15, -0.1) is 0 Å². The highest BCUT2D eigenvalue weighted by Crippen LogP contribution is 2.47. The van der Waals surface area contributed by atoms with E-state index < -0.39 is 5.67 Å². The molecule has 1 N–H and O–H groups in total. The third-order valence-electron chi connectivity index (χ3n) is 5.52. The predicted octanol–water partition coefficient (Wildman–Crippen LogP) is 4.11. The second kappa shape index (κ2) is 4.84. The SMILES string of the molecule is C=C1CC2c3[nH]c4ccc(OC)cc4c3C(C)(F)CN(C1)C2C. The number of aromatic amines is 1. The summed E-state index contributed by atoms with van der Waals surface area (Å²) in [6.07, 6.45) is 0.921. The van der Waals surface area contributed by atoms with Crippen molar-refractivity contribution in [1.82, 2.24) is 9.88 Å². The molecule has 4 unspecified atom stereocenters. The number of nitrogens with zero attached hydrogens (tertiary/aromatic N) is 1. The molecule has 0 saturated carbocycles. The van der Waals surface area contributed by atoms with Crippen molar-refractivity contribution < 1.29 is 9.13 Å². The molecule has 1 aromatic carbocycles. The minimum absolute atomic E-state index is 0.266. The summed E-state index contributed by atoms with van der Waals surface area (Å²) in [5.41, 5.74) is 2.62. The molecule has 4 rings (SSSR count). The number of fused-ring (bicyclic) bond motifs is 6. The lowest BCUT2D eigenvalue weighted by Crippen LogP contribution is -2.45. The van der Waals surface area contributed by atoms with Crippen molar-refractivity contribution in [3.05, 3.63) is 41.6 Å². The van der Waals surface area contributed by atoms with Gasteiger partial charge in [0.15, 0.2) is 0 Å². The van der Waals surface area contributed by atoms with Crippen LogP contribution in [-0.4, -0.2) is 36.1 Å². The minimum atomic E-state index is -1.40. The molecule has 1 saturated heterocycles. The fourth-order valence-electron chi connectivity index (χ4n) is 4.39. The second-order valence-electron chi connectivity index (χ2n) is 7.23. The standard InChI is InChI=1S/C19H23FN2O/c1-11-7-14-12(2)22(9-11)10-19(3,20)17-15-8-13(23-4)5-6-16(15)21-18(14)17/h5-6,8,12,14,21H,1,7,9-10H2,2-4H3. The van der Waals surface area contributed by atoms with Crippen molar-refractivity contribution >= 4 is 10.9 Å². The van der Waals surface area contributed by atoms with Gasteiger partial charge < -0.3 is 9.72 Å². The van der Waals surface area contributed by atoms with Crippen molar-refractivity contribution in [2.45, 2.75) is 37.9 Å². The number of piperidine rings is 1. The van der Waals surface area contributed by atoms with Crippen LogP contribution >= 0.6 is 0 Å². The van der Waals surface area contributed by atoms with Gasteiger partial charge in [0, 0.05) is 47.2 Å². The molecule has 0 radical (unpaired) electrons. The summed E-state index contributed by atoms with van der Waals surface area (Å²) in [4.78, 5) is 5.74. The normalized spacial score (nSPS) is 33.4. The summed E-state index contributed by atoms with van der Waals surface area (Å²) in [5.74, 6) is 1.03. The Morgan fingerprint density at radius 2 is 2.22 bits per heavy atom. The van der Waals surface area contributed by atoms with Crippen LogP contribution in [0.2, 0.25) is 0 Å². The van der Waals surface area contributed by atoms with Crippen LogP contribution in [0, 0.1) is 0 Å². The molecule has 4 heteroatoms. The fourth-order valence-corrected chi connectivity index (χ4v) is 4.39. The summed E-state index contributed by atoms with van der Waals surface area (Å²) in [6.45, 7) is 9.28. The average molecular weight is 314 g/mol. The van der Waals surface area contributed by atoms with Crippen molar-refractivity contribution in [3.63, 3.8) is 0 Å².